The van der Waals surface area contributed by atoms with E-state index in [-0.39, 0.29) is 62.7 Å². The monoisotopic (exact) mass is 740 g/mol. The zero-order chi connectivity index (χ0) is 33.5. The van der Waals surface area contributed by atoms with Gasteiger partial charge in [0.15, 0.2) is 0 Å². The highest BCUT2D eigenvalue weighted by Gasteiger charge is 2.73. The van der Waals surface area contributed by atoms with Gasteiger partial charge in [-0.1, -0.05) is 8.25 Å². The second-order valence-electron chi connectivity index (χ2n) is 14.1. The lowest BCUT2D eigenvalue weighted by Crippen LogP contribution is -2.72. The van der Waals surface area contributed by atoms with Crippen molar-refractivity contribution in [2.24, 2.45) is 35.0 Å². The van der Waals surface area contributed by atoms with Crippen LogP contribution in [0.15, 0.2) is 0 Å². The molecule has 0 spiro atoms. The first kappa shape index (κ1) is 34.1. The van der Waals surface area contributed by atoms with Gasteiger partial charge in [-0.3, -0.25) is 8.37 Å². The number of alkyl halides is 6. The van der Waals surface area contributed by atoms with Crippen LogP contribution >= 0.6 is 0 Å². The molecule has 8 fully saturated rings. The van der Waals surface area contributed by atoms with E-state index in [1.807, 2.05) is 0 Å². The Balaban J connectivity index is 1.38. The summed E-state index contributed by atoms with van der Waals surface area (Å²) in [6.07, 6.45) is 1.36. The van der Waals surface area contributed by atoms with Gasteiger partial charge in [0.05, 0.1) is 16.8 Å². The Morgan fingerprint density at radius 3 is 1.62 bits per heavy atom. The Morgan fingerprint density at radius 2 is 1.13 bits per heavy atom. The van der Waals surface area contributed by atoms with Gasteiger partial charge in [0.2, 0.25) is 0 Å². The van der Waals surface area contributed by atoms with Crippen LogP contribution in [0.1, 0.15) is 70.6 Å². The molecule has 0 heterocycles. The molecule has 23 heteroatoms. The minimum atomic E-state index is -6.41. The second kappa shape index (κ2) is 9.66. The highest BCUT2D eigenvalue weighted by molar-refractivity contribution is 8.03. The predicted octanol–water partition coefficient (Wildman–Crippen LogP) is 2.04. The van der Waals surface area contributed by atoms with Gasteiger partial charge in [0.25, 0.3) is 0 Å². The second-order valence-corrected chi connectivity index (χ2v) is 20.5. The van der Waals surface area contributed by atoms with Crippen molar-refractivity contribution in [1.82, 2.24) is 8.25 Å². The largest absolute Gasteiger partial charge is 0.512 e. The van der Waals surface area contributed by atoms with Crippen LogP contribution in [-0.2, 0) is 49.0 Å². The molecule has 0 amide bonds. The predicted molar refractivity (Wildman–Crippen MR) is 137 cm³/mol. The van der Waals surface area contributed by atoms with Crippen molar-refractivity contribution in [3.63, 3.8) is 0 Å². The zero-order valence-electron chi connectivity index (χ0n) is 23.1. The minimum Gasteiger partial charge on any atom is -0.390 e. The average molecular weight is 741 g/mol. The maximum absolute atomic E-state index is 13.1. The SMILES string of the molecule is O=S(=O)(NS(=O)(=O)C(F)(F)F)OC12CC3CC(O)(C1)CC(C1C4CC5C[C@H](C4)CC1(OS(=O)(=O)NS(=O)(=O)C(F)(F)F)C5)(C3)C2. The summed E-state index contributed by atoms with van der Waals surface area (Å²) in [7, 11) is -24.1. The van der Waals surface area contributed by atoms with E-state index in [1.54, 1.807) is 0 Å². The molecule has 3 N–H and O–H groups in total. The maximum Gasteiger partial charge on any atom is 0.512 e. The Hall–Kier alpha value is -0.820. The van der Waals surface area contributed by atoms with Crippen LogP contribution in [0.5, 0.6) is 0 Å². The number of nitrogens with one attached hydrogen (secondary N) is 2. The molecule has 9 atom stereocenters. The normalized spacial score (nSPS) is 43.2. The van der Waals surface area contributed by atoms with Gasteiger partial charge in [0.1, 0.15) is 0 Å². The molecule has 0 radical (unpaired) electrons. The first-order valence-electron chi connectivity index (χ1n) is 13.9. The van der Waals surface area contributed by atoms with Gasteiger partial charge in [-0.05, 0) is 99.2 Å². The number of aliphatic hydroxyl groups is 1. The molecule has 0 aromatic heterocycles. The van der Waals surface area contributed by atoms with Gasteiger partial charge < -0.3 is 5.11 Å². The lowest BCUT2D eigenvalue weighted by molar-refractivity contribution is -0.279. The van der Waals surface area contributed by atoms with Crippen LogP contribution in [0.4, 0.5) is 26.3 Å². The van der Waals surface area contributed by atoms with Gasteiger partial charge in [-0.2, -0.15) is 43.2 Å². The fourth-order valence-corrected chi connectivity index (χ4v) is 15.3. The van der Waals surface area contributed by atoms with Crippen molar-refractivity contribution in [2.45, 2.75) is 98.4 Å². The van der Waals surface area contributed by atoms with E-state index in [4.69, 9.17) is 8.37 Å². The molecule has 0 saturated heterocycles. The van der Waals surface area contributed by atoms with Gasteiger partial charge >= 0.3 is 51.7 Å². The summed E-state index contributed by atoms with van der Waals surface area (Å²) in [4.78, 5) is 0. The molecule has 260 valence electrons. The molecular weight excluding hydrogens is 711 g/mol. The summed E-state index contributed by atoms with van der Waals surface area (Å²) in [6.45, 7) is 0. The topological polar surface area (TPSA) is 199 Å². The number of sulfonamides is 2. The number of rotatable bonds is 9. The molecule has 0 aliphatic heterocycles. The lowest BCUT2D eigenvalue weighted by atomic mass is 9.36. The van der Waals surface area contributed by atoms with Gasteiger partial charge in [-0.15, -0.1) is 0 Å². The molecule has 8 unspecified atom stereocenters. The van der Waals surface area contributed by atoms with Crippen molar-refractivity contribution in [3.8, 4) is 0 Å². The third-order valence-electron chi connectivity index (χ3n) is 10.5. The standard InChI is InChI=1S/C22H30F6N2O11S4/c23-21(24,25)42(32,33)29-44(36,37)40-19-6-14-4-17(10-19,9-18(31,5-14)11-19)16-15-2-12-1-13(3-15)8-20(16,7-12)41-45(38,39)30-43(34,35)22(26,27)28/h12-16,29-31H,1-11H2/t12-,13?,14?,15?,16?,17?,18?,19?,20?/m1/s1. The van der Waals surface area contributed by atoms with Gasteiger partial charge in [-0.25, -0.2) is 16.8 Å². The summed E-state index contributed by atoms with van der Waals surface area (Å²) in [5.41, 5.74) is -18.5. The Labute approximate surface area is 255 Å². The molecule has 8 saturated carbocycles. The molecule has 0 aromatic rings. The van der Waals surface area contributed by atoms with Crippen LogP contribution < -0.4 is 8.25 Å². The smallest absolute Gasteiger partial charge is 0.390 e. The third-order valence-corrected chi connectivity index (χ3v) is 16.3. The minimum absolute atomic E-state index is 0.0139. The lowest BCUT2D eigenvalue weighted by Gasteiger charge is -2.72. The Kier molecular flexibility index (Phi) is 7.31. The maximum atomic E-state index is 13.1. The number of hydrogen-bond donors (Lipinski definition) is 3. The molecule has 45 heavy (non-hydrogen) atoms. The molecule has 8 aliphatic carbocycles. The third kappa shape index (κ3) is 5.82. The summed E-state index contributed by atoms with van der Waals surface area (Å²) >= 11 is 0. The summed E-state index contributed by atoms with van der Waals surface area (Å²) in [6, 6.07) is 0. The van der Waals surface area contributed by atoms with Crippen LogP contribution in [-0.4, -0.2) is 66.6 Å². The first-order valence-corrected chi connectivity index (χ1v) is 19.7. The van der Waals surface area contributed by atoms with Crippen molar-refractivity contribution >= 4 is 40.7 Å². The van der Waals surface area contributed by atoms with E-state index >= 15 is 0 Å². The van der Waals surface area contributed by atoms with Crippen molar-refractivity contribution in [1.29, 1.82) is 0 Å². The van der Waals surface area contributed by atoms with E-state index in [1.165, 1.54) is 0 Å². The fourth-order valence-electron chi connectivity index (χ4n) is 10.8. The highest BCUT2D eigenvalue weighted by atomic mass is 32.3. The summed E-state index contributed by atoms with van der Waals surface area (Å²) in [5, 5.41) is 11.6. The van der Waals surface area contributed by atoms with Crippen LogP contribution in [0.3, 0.4) is 0 Å². The molecule has 8 bridgehead atoms. The van der Waals surface area contributed by atoms with Crippen LogP contribution in [0.25, 0.3) is 0 Å². The van der Waals surface area contributed by atoms with E-state index in [0.717, 1.165) is 0 Å². The van der Waals surface area contributed by atoms with Crippen LogP contribution in [0.2, 0.25) is 0 Å². The average Bonchev–Trinajstić information content (AvgIpc) is 2.71. The van der Waals surface area contributed by atoms with E-state index < -0.39 is 92.1 Å². The Morgan fingerprint density at radius 1 is 0.622 bits per heavy atom. The highest BCUT2D eigenvalue weighted by Crippen LogP contribution is 2.74. The molecule has 0 aromatic carbocycles. The Bertz CT molecular complexity index is 1700. The molecule has 8 aliphatic rings. The van der Waals surface area contributed by atoms with E-state index in [2.05, 4.69) is 0 Å². The van der Waals surface area contributed by atoms with Crippen molar-refractivity contribution in [3.05, 3.63) is 0 Å². The molecule has 8 rings (SSSR count). The summed E-state index contributed by atoms with van der Waals surface area (Å²) < 4.78 is 188. The van der Waals surface area contributed by atoms with Gasteiger partial charge in [0, 0.05) is 6.42 Å². The quantitative estimate of drug-likeness (QED) is 0.293. The van der Waals surface area contributed by atoms with Crippen molar-refractivity contribution < 1.29 is 73.5 Å². The zero-order valence-corrected chi connectivity index (χ0v) is 26.4. The fraction of sp³-hybridized carbons (Fsp3) is 1.00. The van der Waals surface area contributed by atoms with E-state index in [0.29, 0.717) is 27.5 Å². The van der Waals surface area contributed by atoms with Crippen molar-refractivity contribution in [2.75, 3.05) is 0 Å². The van der Waals surface area contributed by atoms with E-state index in [9.17, 15) is 65.1 Å². The summed E-state index contributed by atoms with van der Waals surface area (Å²) in [5.74, 6) is -1.94. The first-order chi connectivity index (χ1) is 20.1. The molecular formula is C22H30F6N2O11S4. The number of halogens is 6. The molecule has 13 nitrogen and oxygen atoms in total. The van der Waals surface area contributed by atoms with Crippen LogP contribution in [0, 0.1) is 35.0 Å². The number of hydrogen-bond acceptors (Lipinski definition) is 11.